The Morgan fingerprint density at radius 1 is 1.09 bits per heavy atom. The third-order valence-corrected chi connectivity index (χ3v) is 7.12. The van der Waals surface area contributed by atoms with E-state index in [0.29, 0.717) is 25.4 Å². The van der Waals surface area contributed by atoms with Gasteiger partial charge in [0.15, 0.2) is 0 Å². The third-order valence-electron chi connectivity index (χ3n) is 7.12. The smallest absolute Gasteiger partial charge is 0.329 e. The SMILES string of the molecule is CCC[C@H](N[C@@H](C)C(=O)N1[C@H](C(=O)OCc2ccc(OC)cc2)C[C@@H]2CCCC[C@@H]21)C(=O)OCC. The lowest BCUT2D eigenvalue weighted by atomic mass is 9.84. The van der Waals surface area contributed by atoms with E-state index in [2.05, 4.69) is 5.32 Å². The lowest BCUT2D eigenvalue weighted by molar-refractivity contribution is -0.157. The molecule has 1 aliphatic carbocycles. The van der Waals surface area contributed by atoms with Gasteiger partial charge in [0.25, 0.3) is 0 Å². The fourth-order valence-corrected chi connectivity index (χ4v) is 5.36. The van der Waals surface area contributed by atoms with Crippen molar-refractivity contribution in [1.82, 2.24) is 10.2 Å². The van der Waals surface area contributed by atoms with Crippen LogP contribution in [0.3, 0.4) is 0 Å². The van der Waals surface area contributed by atoms with E-state index in [1.54, 1.807) is 25.9 Å². The molecule has 5 atom stereocenters. The summed E-state index contributed by atoms with van der Waals surface area (Å²) in [5.74, 6) is 0.168. The summed E-state index contributed by atoms with van der Waals surface area (Å²) in [5, 5.41) is 3.17. The van der Waals surface area contributed by atoms with Crippen LogP contribution in [0.4, 0.5) is 0 Å². The van der Waals surface area contributed by atoms with Crippen molar-refractivity contribution in [2.75, 3.05) is 13.7 Å². The highest BCUT2D eigenvalue weighted by atomic mass is 16.5. The number of hydrogen-bond acceptors (Lipinski definition) is 7. The predicted octanol–water partition coefficient (Wildman–Crippen LogP) is 3.61. The van der Waals surface area contributed by atoms with E-state index in [1.165, 1.54) is 0 Å². The molecule has 1 aliphatic heterocycles. The average molecular weight is 489 g/mol. The molecule has 1 saturated heterocycles. The summed E-state index contributed by atoms with van der Waals surface area (Å²) >= 11 is 0. The lowest BCUT2D eigenvalue weighted by Crippen LogP contribution is -2.55. The van der Waals surface area contributed by atoms with Crippen LogP contribution in [0.15, 0.2) is 24.3 Å². The quantitative estimate of drug-likeness (QED) is 0.476. The second kappa shape index (κ2) is 12.9. The molecule has 194 valence electrons. The maximum atomic E-state index is 13.7. The van der Waals surface area contributed by atoms with Crippen molar-refractivity contribution < 1.29 is 28.6 Å². The lowest BCUT2D eigenvalue weighted by Gasteiger charge is -2.35. The molecule has 1 aromatic carbocycles. The van der Waals surface area contributed by atoms with E-state index < -0.39 is 18.1 Å². The van der Waals surface area contributed by atoms with Gasteiger partial charge in [0.1, 0.15) is 24.4 Å². The van der Waals surface area contributed by atoms with Crippen LogP contribution in [-0.2, 0) is 30.5 Å². The molecule has 0 unspecified atom stereocenters. The zero-order valence-electron chi connectivity index (χ0n) is 21.5. The molecule has 2 fully saturated rings. The van der Waals surface area contributed by atoms with Crippen molar-refractivity contribution in [3.05, 3.63) is 29.8 Å². The molecule has 8 heteroatoms. The minimum absolute atomic E-state index is 0.0336. The van der Waals surface area contributed by atoms with Gasteiger partial charge in [-0.25, -0.2) is 4.79 Å². The number of methoxy groups -OCH3 is 1. The molecule has 1 N–H and O–H groups in total. The molecule has 0 spiro atoms. The van der Waals surface area contributed by atoms with Crippen LogP contribution >= 0.6 is 0 Å². The number of hydrogen-bond donors (Lipinski definition) is 1. The normalized spacial score (nSPS) is 23.2. The second-order valence-electron chi connectivity index (χ2n) is 9.55. The monoisotopic (exact) mass is 488 g/mol. The van der Waals surface area contributed by atoms with Gasteiger partial charge in [-0.05, 0) is 63.1 Å². The first-order chi connectivity index (χ1) is 16.9. The van der Waals surface area contributed by atoms with Crippen molar-refractivity contribution in [3.63, 3.8) is 0 Å². The van der Waals surface area contributed by atoms with E-state index in [-0.39, 0.29) is 30.5 Å². The molecule has 3 rings (SSSR count). The maximum absolute atomic E-state index is 13.7. The van der Waals surface area contributed by atoms with Gasteiger partial charge >= 0.3 is 11.9 Å². The Balaban J connectivity index is 1.70. The highest BCUT2D eigenvalue weighted by Gasteiger charge is 2.49. The molecule has 2 aliphatic rings. The number of nitrogens with zero attached hydrogens (tertiary/aromatic N) is 1. The minimum Gasteiger partial charge on any atom is -0.497 e. The number of ether oxygens (including phenoxy) is 3. The van der Waals surface area contributed by atoms with Crippen LogP contribution in [0.5, 0.6) is 5.75 Å². The zero-order chi connectivity index (χ0) is 25.4. The van der Waals surface area contributed by atoms with Crippen molar-refractivity contribution >= 4 is 17.8 Å². The molecule has 0 radical (unpaired) electrons. The largest absolute Gasteiger partial charge is 0.497 e. The van der Waals surface area contributed by atoms with Crippen LogP contribution < -0.4 is 10.1 Å². The van der Waals surface area contributed by atoms with E-state index in [1.807, 2.05) is 31.2 Å². The Hall–Kier alpha value is -2.61. The van der Waals surface area contributed by atoms with Gasteiger partial charge in [-0.1, -0.05) is 38.3 Å². The molecule has 35 heavy (non-hydrogen) atoms. The van der Waals surface area contributed by atoms with Crippen LogP contribution in [0.1, 0.15) is 71.3 Å². The topological polar surface area (TPSA) is 94.2 Å². The van der Waals surface area contributed by atoms with Gasteiger partial charge in [-0.15, -0.1) is 0 Å². The summed E-state index contributed by atoms with van der Waals surface area (Å²) in [6, 6.07) is 5.63. The van der Waals surface area contributed by atoms with Gasteiger partial charge in [0.05, 0.1) is 19.8 Å². The number of nitrogens with one attached hydrogen (secondary N) is 1. The Bertz CT molecular complexity index is 858. The third kappa shape index (κ3) is 6.75. The summed E-state index contributed by atoms with van der Waals surface area (Å²) in [6.45, 7) is 5.96. The number of amides is 1. The van der Waals surface area contributed by atoms with E-state index in [4.69, 9.17) is 14.2 Å². The van der Waals surface area contributed by atoms with E-state index >= 15 is 0 Å². The average Bonchev–Trinajstić information content (AvgIpc) is 3.26. The fourth-order valence-electron chi connectivity index (χ4n) is 5.36. The molecule has 1 saturated carbocycles. The summed E-state index contributed by atoms with van der Waals surface area (Å²) in [4.78, 5) is 41.0. The van der Waals surface area contributed by atoms with Crippen molar-refractivity contribution in [3.8, 4) is 5.75 Å². The van der Waals surface area contributed by atoms with Crippen molar-refractivity contribution in [1.29, 1.82) is 0 Å². The number of carbonyl (C=O) groups excluding carboxylic acids is 3. The standard InChI is InChI=1S/C27H40N2O6/c1-5-9-22(26(31)34-6-2)28-18(3)25(30)29-23-11-8-7-10-20(23)16-24(29)27(32)35-17-19-12-14-21(33-4)15-13-19/h12-15,18,20,22-24,28H,5-11,16-17H2,1-4H3/t18-,20-,22-,23-,24-/m0/s1. The van der Waals surface area contributed by atoms with Crippen LogP contribution in [0.2, 0.25) is 0 Å². The van der Waals surface area contributed by atoms with Gasteiger partial charge in [-0.3, -0.25) is 14.9 Å². The van der Waals surface area contributed by atoms with Crippen LogP contribution in [0.25, 0.3) is 0 Å². The minimum atomic E-state index is -0.617. The summed E-state index contributed by atoms with van der Waals surface area (Å²) in [5.41, 5.74) is 0.860. The van der Waals surface area contributed by atoms with Gasteiger partial charge < -0.3 is 19.1 Å². The molecular weight excluding hydrogens is 448 g/mol. The molecule has 0 bridgehead atoms. The first-order valence-corrected chi connectivity index (χ1v) is 12.9. The summed E-state index contributed by atoms with van der Waals surface area (Å²) in [7, 11) is 1.60. The molecular formula is C27H40N2O6. The summed E-state index contributed by atoms with van der Waals surface area (Å²) < 4.78 is 16.0. The molecule has 8 nitrogen and oxygen atoms in total. The van der Waals surface area contributed by atoms with Crippen molar-refractivity contribution in [2.45, 2.75) is 96.5 Å². The summed E-state index contributed by atoms with van der Waals surface area (Å²) in [6.07, 6.45) is 6.05. The number of fused-ring (bicyclic) bond motifs is 1. The van der Waals surface area contributed by atoms with Crippen molar-refractivity contribution in [2.24, 2.45) is 5.92 Å². The van der Waals surface area contributed by atoms with Crippen LogP contribution in [0, 0.1) is 5.92 Å². The fraction of sp³-hybridized carbons (Fsp3) is 0.667. The van der Waals surface area contributed by atoms with E-state index in [0.717, 1.165) is 43.4 Å². The first-order valence-electron chi connectivity index (χ1n) is 12.9. The highest BCUT2D eigenvalue weighted by molar-refractivity contribution is 5.89. The highest BCUT2D eigenvalue weighted by Crippen LogP contribution is 2.40. The number of carbonyl (C=O) groups is 3. The Morgan fingerprint density at radius 3 is 2.46 bits per heavy atom. The predicted molar refractivity (Wildman–Crippen MR) is 132 cm³/mol. The van der Waals surface area contributed by atoms with Gasteiger partial charge in [0.2, 0.25) is 5.91 Å². The van der Waals surface area contributed by atoms with Gasteiger partial charge in [-0.2, -0.15) is 0 Å². The Labute approximate surface area is 208 Å². The molecule has 1 aromatic rings. The Morgan fingerprint density at radius 2 is 1.80 bits per heavy atom. The second-order valence-corrected chi connectivity index (χ2v) is 9.55. The molecule has 0 aromatic heterocycles. The number of benzene rings is 1. The van der Waals surface area contributed by atoms with Gasteiger partial charge in [0, 0.05) is 6.04 Å². The number of rotatable bonds is 11. The Kier molecular flexibility index (Phi) is 9.95. The molecule has 1 amide bonds. The number of esters is 2. The van der Waals surface area contributed by atoms with Crippen LogP contribution in [-0.4, -0.2) is 60.6 Å². The van der Waals surface area contributed by atoms with E-state index in [9.17, 15) is 14.4 Å². The maximum Gasteiger partial charge on any atom is 0.329 e. The molecule has 1 heterocycles. The zero-order valence-corrected chi connectivity index (χ0v) is 21.5. The number of likely N-dealkylation sites (tertiary alicyclic amines) is 1. The first kappa shape index (κ1) is 27.0.